The molecule has 89 heavy (non-hydrogen) atoms. The highest BCUT2D eigenvalue weighted by atomic mass is 19.4. The van der Waals surface area contributed by atoms with Gasteiger partial charge < -0.3 is 65.4 Å². The van der Waals surface area contributed by atoms with Gasteiger partial charge in [0.25, 0.3) is 11.8 Å². The zero-order valence-electron chi connectivity index (χ0n) is 52.4. The summed E-state index contributed by atoms with van der Waals surface area (Å²) in [4.78, 5) is 54.6. The van der Waals surface area contributed by atoms with Crippen LogP contribution in [0.3, 0.4) is 0 Å². The van der Waals surface area contributed by atoms with Crippen LogP contribution in [0.15, 0.2) is 133 Å². The first-order valence-electron chi connectivity index (χ1n) is 31.0. The summed E-state index contributed by atoms with van der Waals surface area (Å²) in [6.45, 7) is 17.8. The van der Waals surface area contributed by atoms with Gasteiger partial charge in [0.2, 0.25) is 0 Å². The Labute approximate surface area is 521 Å². The number of hydrogen-bond acceptors (Lipinski definition) is 11. The molecule has 6 aromatic carbocycles. The molecule has 0 saturated carbocycles. The van der Waals surface area contributed by atoms with Gasteiger partial charge in [-0.25, -0.2) is 9.59 Å². The number of nitrogens with one attached hydrogen (secondary N) is 6. The molecule has 0 radical (unpaired) electrons. The van der Waals surface area contributed by atoms with Gasteiger partial charge in [-0.3, -0.25) is 9.59 Å². The molecule has 2 saturated heterocycles. The van der Waals surface area contributed by atoms with Crippen LogP contribution in [0, 0.1) is 6.92 Å². The topological polar surface area (TPSA) is 193 Å². The summed E-state index contributed by atoms with van der Waals surface area (Å²) in [5.41, 5.74) is 4.41. The minimum Gasteiger partial charge on any atom is -0.493 e. The monoisotopic (exact) mass is 1230 g/mol. The normalized spacial score (nSPS) is 14.3. The van der Waals surface area contributed by atoms with Gasteiger partial charge in [0.1, 0.15) is 41.0 Å². The summed E-state index contributed by atoms with van der Waals surface area (Å²) in [6.07, 6.45) is 3.15. The van der Waals surface area contributed by atoms with Gasteiger partial charge in [0.15, 0.2) is 11.5 Å². The van der Waals surface area contributed by atoms with Gasteiger partial charge in [-0.2, -0.15) is 13.2 Å². The lowest BCUT2D eigenvalue weighted by molar-refractivity contribution is -0.138. The molecule has 0 aliphatic carbocycles. The Morgan fingerprint density at radius 2 is 0.910 bits per heavy atom. The van der Waals surface area contributed by atoms with Gasteiger partial charge >= 0.3 is 18.2 Å². The number of methoxy groups -OCH3 is 1. The number of carbonyl (C=O) groups excluding carboxylic acids is 4. The van der Waals surface area contributed by atoms with E-state index in [2.05, 4.69) is 64.5 Å². The second-order valence-corrected chi connectivity index (χ2v) is 22.4. The van der Waals surface area contributed by atoms with Crippen molar-refractivity contribution in [3.8, 4) is 40.2 Å². The molecule has 2 heterocycles. The van der Waals surface area contributed by atoms with Crippen LogP contribution in [-0.2, 0) is 0 Å². The zero-order valence-corrected chi connectivity index (χ0v) is 52.4. The van der Waals surface area contributed by atoms with Crippen molar-refractivity contribution in [2.45, 2.75) is 149 Å². The van der Waals surface area contributed by atoms with E-state index in [9.17, 15) is 32.3 Å². The van der Waals surface area contributed by atoms with Crippen molar-refractivity contribution in [1.29, 1.82) is 0 Å². The molecule has 6 amide bonds. The molecule has 6 N–H and O–H groups in total. The molecule has 478 valence electrons. The summed E-state index contributed by atoms with van der Waals surface area (Å²) in [6, 6.07) is 39.3. The highest BCUT2D eigenvalue weighted by molar-refractivity contribution is 6.05. The molecule has 17 nitrogen and oxygen atoms in total. The molecule has 1 unspecified atom stereocenters. The molecule has 1 atom stereocenters. The lowest BCUT2D eigenvalue weighted by Crippen LogP contribution is -2.42. The Hall–Kier alpha value is -8.49. The van der Waals surface area contributed by atoms with E-state index < -0.39 is 12.6 Å². The summed E-state index contributed by atoms with van der Waals surface area (Å²) in [5.74, 6) is 3.68. The maximum atomic E-state index is 12.9. The van der Waals surface area contributed by atoms with E-state index in [4.69, 9.17) is 23.7 Å². The maximum Gasteiger partial charge on any atom is 0.390 e. The minimum absolute atomic E-state index is 0.0113. The van der Waals surface area contributed by atoms with Crippen LogP contribution in [0.4, 0.5) is 45.5 Å². The Morgan fingerprint density at radius 3 is 1.36 bits per heavy atom. The van der Waals surface area contributed by atoms with Gasteiger partial charge in [-0.05, 0) is 205 Å². The second-order valence-electron chi connectivity index (χ2n) is 22.4. The SMILES string of the molecule is CCC(CC)NC(=O)Nc1ccc(Oc2ccc(NC(=O)c3ccc(OC4CCN(C(C)CC)CC4)cc3)cc2C)cc1.CCC(CC)NC(=O)Nc1ccc(Oc2ccc(NC(=O)c3ccc(OC4CCN(CCC(F)(F)F)CC4)cc3)cc2)c(OC)c1. The predicted molar refractivity (Wildman–Crippen MR) is 345 cm³/mol. The first-order valence-corrected chi connectivity index (χ1v) is 31.0. The number of amides is 6. The molecule has 2 aliphatic heterocycles. The predicted octanol–water partition coefficient (Wildman–Crippen LogP) is 15.8. The number of carbonyl (C=O) groups is 4. The van der Waals surface area contributed by atoms with Crippen LogP contribution >= 0.6 is 0 Å². The van der Waals surface area contributed by atoms with E-state index in [1.807, 2.05) is 68.1 Å². The number of likely N-dealkylation sites (tertiary alicyclic amines) is 2. The van der Waals surface area contributed by atoms with Gasteiger partial charge in [0.05, 0.1) is 13.5 Å². The van der Waals surface area contributed by atoms with Gasteiger partial charge in [0, 0.05) is 90.8 Å². The molecule has 20 heteroatoms. The van der Waals surface area contributed by atoms with Crippen molar-refractivity contribution in [1.82, 2.24) is 20.4 Å². The van der Waals surface area contributed by atoms with E-state index in [1.54, 1.807) is 91.0 Å². The average Bonchev–Trinajstić information content (AvgIpc) is 3.68. The van der Waals surface area contributed by atoms with Crippen LogP contribution in [0.1, 0.15) is 132 Å². The number of aryl methyl sites for hydroxylation is 1. The van der Waals surface area contributed by atoms with Crippen molar-refractivity contribution in [2.24, 2.45) is 0 Å². The number of benzene rings is 6. The number of nitrogens with zero attached hydrogens (tertiary/aromatic N) is 2. The molecule has 0 aromatic heterocycles. The molecule has 2 fully saturated rings. The number of urea groups is 2. The van der Waals surface area contributed by atoms with E-state index in [0.29, 0.717) is 100 Å². The van der Waals surface area contributed by atoms with Crippen LogP contribution in [0.5, 0.6) is 40.2 Å². The van der Waals surface area contributed by atoms with Crippen molar-refractivity contribution < 1.29 is 56.0 Å². The third kappa shape index (κ3) is 22.0. The smallest absolute Gasteiger partial charge is 0.390 e. The molecular formula is C69H87F3N8O9. The fourth-order valence-electron chi connectivity index (χ4n) is 10.2. The van der Waals surface area contributed by atoms with E-state index >= 15 is 0 Å². The number of ether oxygens (including phenoxy) is 5. The first-order chi connectivity index (χ1) is 42.8. The van der Waals surface area contributed by atoms with Gasteiger partial charge in [-0.15, -0.1) is 0 Å². The summed E-state index contributed by atoms with van der Waals surface area (Å²) in [7, 11) is 1.52. The number of rotatable bonds is 25. The minimum atomic E-state index is -4.14. The van der Waals surface area contributed by atoms with Crippen LogP contribution in [0.25, 0.3) is 0 Å². The van der Waals surface area contributed by atoms with E-state index in [-0.39, 0.29) is 54.7 Å². The van der Waals surface area contributed by atoms with Gasteiger partial charge in [-0.1, -0.05) is 34.6 Å². The summed E-state index contributed by atoms with van der Waals surface area (Å²) < 4.78 is 67.1. The lowest BCUT2D eigenvalue weighted by atomic mass is 10.0. The second kappa shape index (κ2) is 33.7. The Bertz CT molecular complexity index is 3180. The first kappa shape index (κ1) is 68.0. The Kier molecular flexibility index (Phi) is 25.8. The average molecular weight is 1230 g/mol. The fourth-order valence-corrected chi connectivity index (χ4v) is 10.2. The molecule has 2 aliphatic rings. The molecule has 6 aromatic rings. The van der Waals surface area contributed by atoms with Crippen LogP contribution < -0.4 is 55.6 Å². The van der Waals surface area contributed by atoms with E-state index in [0.717, 1.165) is 62.9 Å². The standard InChI is InChI=1S/C35H46N4O4.C34H41F3N4O5/c1-6-25(5)39-21-19-32(20-22-39)42-30-14-9-26(10-15-30)34(40)36-29-13-18-33(24(4)23-29)43-31-16-11-28(12-17-31)38-35(41)37-27(7-2)8-3;1-4-24(5-2)39-33(43)40-26-10-15-30(31(22-26)44-3)46-28-13-8-25(9-14-28)38-32(42)23-6-11-27(12-7-23)45-29-16-19-41(20-17-29)21-18-34(35,36)37/h9-18,23,25,27,32H,6-8,19-22H2,1-5H3,(H,36,40)(H2,37,38,41);6-15,22,24,29H,4-5,16-21H2,1-3H3,(H,38,42)(H2,39,40,43). The fraction of sp³-hybridized carbons (Fsp3) is 0.420. The quantitative estimate of drug-likeness (QED) is 0.0319. The van der Waals surface area contributed by atoms with Crippen LogP contribution in [0.2, 0.25) is 0 Å². The highest BCUT2D eigenvalue weighted by Gasteiger charge is 2.30. The Balaban J connectivity index is 0.000000254. The molecule has 0 bridgehead atoms. The van der Waals surface area contributed by atoms with Crippen molar-refractivity contribution in [3.05, 3.63) is 150 Å². The maximum absolute atomic E-state index is 12.9. The van der Waals surface area contributed by atoms with Crippen molar-refractivity contribution in [3.63, 3.8) is 0 Å². The number of anilines is 4. The van der Waals surface area contributed by atoms with E-state index in [1.165, 1.54) is 13.5 Å². The number of halogens is 3. The van der Waals surface area contributed by atoms with Crippen molar-refractivity contribution >= 4 is 46.6 Å². The number of alkyl halides is 3. The number of hydrogen-bond donors (Lipinski definition) is 6. The summed E-state index contributed by atoms with van der Waals surface area (Å²) >= 11 is 0. The van der Waals surface area contributed by atoms with Crippen molar-refractivity contribution in [2.75, 3.05) is 61.1 Å². The summed E-state index contributed by atoms with van der Waals surface area (Å²) in [5, 5.41) is 17.4. The third-order valence-electron chi connectivity index (χ3n) is 16.0. The largest absolute Gasteiger partial charge is 0.493 e. The third-order valence-corrected chi connectivity index (χ3v) is 16.0. The number of piperidine rings is 2. The molecule has 0 spiro atoms. The highest BCUT2D eigenvalue weighted by Crippen LogP contribution is 2.35. The lowest BCUT2D eigenvalue weighted by Gasteiger charge is -2.35. The Morgan fingerprint density at radius 1 is 0.506 bits per heavy atom. The molecule has 8 rings (SSSR count). The molecular weight excluding hydrogens is 1140 g/mol. The van der Waals surface area contributed by atoms with Crippen LogP contribution in [-0.4, -0.2) is 110 Å². The zero-order chi connectivity index (χ0) is 63.9.